The van der Waals surface area contributed by atoms with Crippen molar-refractivity contribution in [1.82, 2.24) is 5.43 Å². The molecule has 3 N–H and O–H groups in total. The van der Waals surface area contributed by atoms with Gasteiger partial charge in [-0.05, 0) is 18.6 Å². The second-order valence-corrected chi connectivity index (χ2v) is 3.42. The monoisotopic (exact) mass is 205 g/mol. The molecule has 2 rings (SSSR count). The second-order valence-electron chi connectivity index (χ2n) is 3.42. The topological polar surface area (TPSA) is 59.6 Å². The first-order chi connectivity index (χ1) is 7.35. The SMILES string of the molecule is CCN=C(NN)C1Cc2ccccc2O1. The Kier molecular flexibility index (Phi) is 2.87. The van der Waals surface area contributed by atoms with E-state index in [4.69, 9.17) is 10.6 Å². The van der Waals surface area contributed by atoms with Crippen LogP contribution in [0.2, 0.25) is 0 Å². The molecule has 1 aliphatic heterocycles. The molecule has 0 saturated heterocycles. The van der Waals surface area contributed by atoms with Gasteiger partial charge >= 0.3 is 0 Å². The molecule has 4 heteroatoms. The van der Waals surface area contributed by atoms with E-state index in [0.29, 0.717) is 12.4 Å². The molecule has 1 aliphatic rings. The first-order valence-electron chi connectivity index (χ1n) is 5.10. The van der Waals surface area contributed by atoms with Gasteiger partial charge in [0.05, 0.1) is 0 Å². The fourth-order valence-electron chi connectivity index (χ4n) is 1.75. The van der Waals surface area contributed by atoms with Crippen molar-refractivity contribution in [3.63, 3.8) is 0 Å². The van der Waals surface area contributed by atoms with Crippen LogP contribution in [-0.4, -0.2) is 18.5 Å². The summed E-state index contributed by atoms with van der Waals surface area (Å²) >= 11 is 0. The van der Waals surface area contributed by atoms with Crippen molar-refractivity contribution in [3.05, 3.63) is 29.8 Å². The molecule has 4 nitrogen and oxygen atoms in total. The summed E-state index contributed by atoms with van der Waals surface area (Å²) in [5.41, 5.74) is 3.81. The minimum atomic E-state index is -0.0626. The maximum atomic E-state index is 5.74. The number of amidine groups is 1. The molecule has 0 aromatic heterocycles. The quantitative estimate of drug-likeness (QED) is 0.326. The van der Waals surface area contributed by atoms with E-state index in [0.717, 1.165) is 12.2 Å². The third kappa shape index (κ3) is 1.94. The Morgan fingerprint density at radius 1 is 1.60 bits per heavy atom. The standard InChI is InChI=1S/C11H15N3O/c1-2-13-11(14-12)10-7-8-5-3-4-6-9(8)15-10/h3-6,10H,2,7,12H2,1H3,(H,13,14). The summed E-state index contributed by atoms with van der Waals surface area (Å²) in [5, 5.41) is 0. The van der Waals surface area contributed by atoms with Crippen LogP contribution in [0, 0.1) is 0 Å². The summed E-state index contributed by atoms with van der Waals surface area (Å²) in [6.07, 6.45) is 0.770. The van der Waals surface area contributed by atoms with Gasteiger partial charge in [0.1, 0.15) is 5.75 Å². The molecule has 0 amide bonds. The van der Waals surface area contributed by atoms with Crippen molar-refractivity contribution in [2.75, 3.05) is 6.54 Å². The molecule has 1 heterocycles. The molecule has 0 fully saturated rings. The van der Waals surface area contributed by atoms with Crippen LogP contribution in [0.5, 0.6) is 5.75 Å². The third-order valence-corrected chi connectivity index (χ3v) is 2.43. The van der Waals surface area contributed by atoms with Gasteiger partial charge in [0.15, 0.2) is 11.9 Å². The molecular weight excluding hydrogens is 190 g/mol. The Morgan fingerprint density at radius 2 is 2.40 bits per heavy atom. The lowest BCUT2D eigenvalue weighted by atomic mass is 10.1. The maximum absolute atomic E-state index is 5.74. The Morgan fingerprint density at radius 3 is 3.07 bits per heavy atom. The Balaban J connectivity index is 2.15. The first kappa shape index (κ1) is 9.98. The van der Waals surface area contributed by atoms with Crippen LogP contribution in [0.3, 0.4) is 0 Å². The zero-order chi connectivity index (χ0) is 10.7. The molecule has 0 saturated carbocycles. The van der Waals surface area contributed by atoms with E-state index < -0.39 is 0 Å². The van der Waals surface area contributed by atoms with E-state index in [1.165, 1.54) is 5.56 Å². The maximum Gasteiger partial charge on any atom is 0.161 e. The Hall–Kier alpha value is -1.55. The molecule has 1 aromatic carbocycles. The third-order valence-electron chi connectivity index (χ3n) is 2.43. The molecule has 0 radical (unpaired) electrons. The number of benzene rings is 1. The highest BCUT2D eigenvalue weighted by Crippen LogP contribution is 2.28. The summed E-state index contributed by atoms with van der Waals surface area (Å²) in [5.74, 6) is 7.06. The summed E-state index contributed by atoms with van der Waals surface area (Å²) in [4.78, 5) is 4.26. The number of ether oxygens (including phenoxy) is 1. The van der Waals surface area contributed by atoms with Gasteiger partial charge < -0.3 is 10.2 Å². The zero-order valence-electron chi connectivity index (χ0n) is 8.73. The van der Waals surface area contributed by atoms with Gasteiger partial charge in [-0.3, -0.25) is 4.99 Å². The summed E-state index contributed by atoms with van der Waals surface area (Å²) in [6, 6.07) is 8.01. The first-order valence-corrected chi connectivity index (χ1v) is 5.10. The van der Waals surface area contributed by atoms with Crippen LogP contribution >= 0.6 is 0 Å². The van der Waals surface area contributed by atoms with Crippen molar-refractivity contribution >= 4 is 5.84 Å². The lowest BCUT2D eigenvalue weighted by Crippen LogP contribution is -2.41. The smallest absolute Gasteiger partial charge is 0.161 e. The molecular formula is C11H15N3O. The molecule has 0 aliphatic carbocycles. The molecule has 80 valence electrons. The Bertz CT molecular complexity index is 351. The van der Waals surface area contributed by atoms with Crippen LogP contribution in [0.4, 0.5) is 0 Å². The van der Waals surface area contributed by atoms with Crippen LogP contribution < -0.4 is 16.0 Å². The van der Waals surface area contributed by atoms with Crippen LogP contribution in [-0.2, 0) is 6.42 Å². The number of para-hydroxylation sites is 1. The number of nitrogens with two attached hydrogens (primary N) is 1. The van der Waals surface area contributed by atoms with E-state index >= 15 is 0 Å². The van der Waals surface area contributed by atoms with Crippen molar-refractivity contribution in [3.8, 4) is 5.75 Å². The number of hydrogen-bond acceptors (Lipinski definition) is 3. The van der Waals surface area contributed by atoms with Crippen LogP contribution in [0.15, 0.2) is 29.3 Å². The van der Waals surface area contributed by atoms with Crippen molar-refractivity contribution in [2.45, 2.75) is 19.4 Å². The average molecular weight is 205 g/mol. The van der Waals surface area contributed by atoms with Gasteiger partial charge in [-0.1, -0.05) is 18.2 Å². The lowest BCUT2D eigenvalue weighted by Gasteiger charge is -2.12. The van der Waals surface area contributed by atoms with Gasteiger partial charge in [0.25, 0.3) is 0 Å². The normalized spacial score (nSPS) is 19.6. The highest BCUT2D eigenvalue weighted by molar-refractivity contribution is 5.87. The molecule has 15 heavy (non-hydrogen) atoms. The predicted octanol–water partition coefficient (Wildman–Crippen LogP) is 0.872. The fourth-order valence-corrected chi connectivity index (χ4v) is 1.75. The van der Waals surface area contributed by atoms with E-state index in [-0.39, 0.29) is 6.10 Å². The lowest BCUT2D eigenvalue weighted by molar-refractivity contribution is 0.296. The molecule has 1 unspecified atom stereocenters. The number of rotatable bonds is 2. The summed E-state index contributed by atoms with van der Waals surface area (Å²) in [7, 11) is 0. The minimum absolute atomic E-state index is 0.0626. The number of nitrogens with zero attached hydrogens (tertiary/aromatic N) is 1. The van der Waals surface area contributed by atoms with Gasteiger partial charge in [-0.15, -0.1) is 0 Å². The van der Waals surface area contributed by atoms with Crippen molar-refractivity contribution in [1.29, 1.82) is 0 Å². The van der Waals surface area contributed by atoms with Crippen molar-refractivity contribution in [2.24, 2.45) is 10.8 Å². The number of aliphatic imine (C=N–C) groups is 1. The van der Waals surface area contributed by atoms with Crippen LogP contribution in [0.25, 0.3) is 0 Å². The average Bonchev–Trinajstić information content (AvgIpc) is 2.69. The highest BCUT2D eigenvalue weighted by Gasteiger charge is 2.26. The van der Waals surface area contributed by atoms with Gasteiger partial charge in [0.2, 0.25) is 0 Å². The predicted molar refractivity (Wildman–Crippen MR) is 59.9 cm³/mol. The summed E-state index contributed by atoms with van der Waals surface area (Å²) in [6.45, 7) is 2.68. The number of fused-ring (bicyclic) bond motifs is 1. The van der Waals surface area contributed by atoms with E-state index in [1.54, 1.807) is 0 Å². The van der Waals surface area contributed by atoms with E-state index in [9.17, 15) is 0 Å². The minimum Gasteiger partial charge on any atom is -0.482 e. The molecule has 0 bridgehead atoms. The largest absolute Gasteiger partial charge is 0.482 e. The number of hydrogen-bond donors (Lipinski definition) is 2. The highest BCUT2D eigenvalue weighted by atomic mass is 16.5. The van der Waals surface area contributed by atoms with Crippen molar-refractivity contribution < 1.29 is 4.74 Å². The second kappa shape index (κ2) is 4.31. The Labute approximate surface area is 89.1 Å². The van der Waals surface area contributed by atoms with Gasteiger partial charge in [-0.2, -0.15) is 0 Å². The molecule has 1 atom stereocenters. The van der Waals surface area contributed by atoms with Gasteiger partial charge in [-0.25, -0.2) is 5.84 Å². The fraction of sp³-hybridized carbons (Fsp3) is 0.364. The van der Waals surface area contributed by atoms with E-state index in [1.807, 2.05) is 25.1 Å². The number of nitrogens with one attached hydrogen (secondary N) is 1. The van der Waals surface area contributed by atoms with Gasteiger partial charge in [0, 0.05) is 13.0 Å². The zero-order valence-corrected chi connectivity index (χ0v) is 8.73. The molecule has 1 aromatic rings. The van der Waals surface area contributed by atoms with Crippen LogP contribution in [0.1, 0.15) is 12.5 Å². The molecule has 0 spiro atoms. The number of hydrazine groups is 1. The van der Waals surface area contributed by atoms with E-state index in [2.05, 4.69) is 16.5 Å². The summed E-state index contributed by atoms with van der Waals surface area (Å²) < 4.78 is 5.74.